The van der Waals surface area contributed by atoms with Crippen molar-refractivity contribution in [3.63, 3.8) is 0 Å². The summed E-state index contributed by atoms with van der Waals surface area (Å²) in [6.07, 6.45) is 0.910. The first kappa shape index (κ1) is 14.7. The van der Waals surface area contributed by atoms with Gasteiger partial charge in [-0.2, -0.15) is 15.0 Å². The van der Waals surface area contributed by atoms with Gasteiger partial charge in [0.2, 0.25) is 11.2 Å². The quantitative estimate of drug-likeness (QED) is 0.905. The lowest BCUT2D eigenvalue weighted by atomic mass is 10.3. The lowest BCUT2D eigenvalue weighted by Crippen LogP contribution is -2.06. The first-order valence-electron chi connectivity index (χ1n) is 5.87. The van der Waals surface area contributed by atoms with Crippen molar-refractivity contribution >= 4 is 29.2 Å². The Labute approximate surface area is 125 Å². The van der Waals surface area contributed by atoms with Gasteiger partial charge in [-0.05, 0) is 30.2 Å². The summed E-state index contributed by atoms with van der Waals surface area (Å²) in [7, 11) is 0. The second kappa shape index (κ2) is 6.67. The zero-order valence-electron chi connectivity index (χ0n) is 10.5. The standard InChI is InChI=1S/C12H11Cl2FN4O/c1-2-5-16-11-17-10(14)18-12(19-11)20-7-3-4-9(15)8(13)6-7/h3-4,6H,2,5H2,1H3,(H,16,17,18,19). The number of benzene rings is 1. The molecular weight excluding hydrogens is 306 g/mol. The van der Waals surface area contributed by atoms with Crippen molar-refractivity contribution in [3.05, 3.63) is 34.3 Å². The summed E-state index contributed by atoms with van der Waals surface area (Å²) >= 11 is 11.4. The van der Waals surface area contributed by atoms with Gasteiger partial charge in [-0.1, -0.05) is 18.5 Å². The van der Waals surface area contributed by atoms with E-state index in [1.165, 1.54) is 18.2 Å². The van der Waals surface area contributed by atoms with E-state index in [1.54, 1.807) is 0 Å². The van der Waals surface area contributed by atoms with Gasteiger partial charge < -0.3 is 10.1 Å². The van der Waals surface area contributed by atoms with Gasteiger partial charge in [0.1, 0.15) is 11.6 Å². The van der Waals surface area contributed by atoms with E-state index in [0.717, 1.165) is 6.42 Å². The molecule has 20 heavy (non-hydrogen) atoms. The van der Waals surface area contributed by atoms with E-state index < -0.39 is 5.82 Å². The molecule has 0 aliphatic rings. The maximum atomic E-state index is 13.0. The van der Waals surface area contributed by atoms with E-state index >= 15 is 0 Å². The molecule has 2 rings (SSSR count). The molecule has 0 unspecified atom stereocenters. The Kier molecular flexibility index (Phi) is 4.92. The number of nitrogens with one attached hydrogen (secondary N) is 1. The lowest BCUT2D eigenvalue weighted by Gasteiger charge is -2.07. The van der Waals surface area contributed by atoms with E-state index in [4.69, 9.17) is 27.9 Å². The number of hydrogen-bond donors (Lipinski definition) is 1. The third kappa shape index (κ3) is 3.91. The molecule has 0 atom stereocenters. The van der Waals surface area contributed by atoms with Crippen LogP contribution in [0.3, 0.4) is 0 Å². The molecular formula is C12H11Cl2FN4O. The molecule has 8 heteroatoms. The number of rotatable bonds is 5. The molecule has 0 saturated heterocycles. The van der Waals surface area contributed by atoms with E-state index in [2.05, 4.69) is 20.3 Å². The first-order valence-corrected chi connectivity index (χ1v) is 6.62. The summed E-state index contributed by atoms with van der Waals surface area (Å²) in [5.74, 6) is 0.0909. The van der Waals surface area contributed by atoms with Crippen molar-refractivity contribution in [1.29, 1.82) is 0 Å². The second-order valence-electron chi connectivity index (χ2n) is 3.82. The number of ether oxygens (including phenoxy) is 1. The second-order valence-corrected chi connectivity index (χ2v) is 4.56. The minimum atomic E-state index is -0.530. The average Bonchev–Trinajstić information content (AvgIpc) is 2.40. The maximum absolute atomic E-state index is 13.0. The van der Waals surface area contributed by atoms with E-state index in [-0.39, 0.29) is 16.3 Å². The van der Waals surface area contributed by atoms with E-state index in [0.29, 0.717) is 18.2 Å². The summed E-state index contributed by atoms with van der Waals surface area (Å²) in [4.78, 5) is 11.8. The minimum Gasteiger partial charge on any atom is -0.424 e. The molecule has 106 valence electrons. The fourth-order valence-electron chi connectivity index (χ4n) is 1.34. The Morgan fingerprint density at radius 2 is 2.05 bits per heavy atom. The number of aromatic nitrogens is 3. The van der Waals surface area contributed by atoms with Crippen LogP contribution in [0.15, 0.2) is 18.2 Å². The topological polar surface area (TPSA) is 59.9 Å². The summed E-state index contributed by atoms with van der Waals surface area (Å²) in [5, 5.41) is 2.92. The van der Waals surface area contributed by atoms with Gasteiger partial charge in [0, 0.05) is 12.6 Å². The molecule has 0 amide bonds. The van der Waals surface area contributed by atoms with E-state index in [1.807, 2.05) is 6.92 Å². The third-order valence-corrected chi connectivity index (χ3v) is 2.68. The molecule has 0 aliphatic carbocycles. The Morgan fingerprint density at radius 1 is 1.25 bits per heavy atom. The molecule has 5 nitrogen and oxygen atoms in total. The maximum Gasteiger partial charge on any atom is 0.328 e. The van der Waals surface area contributed by atoms with Crippen LogP contribution in [0.1, 0.15) is 13.3 Å². The van der Waals surface area contributed by atoms with Crippen molar-refractivity contribution in [1.82, 2.24) is 15.0 Å². The summed E-state index contributed by atoms with van der Waals surface area (Å²) in [6.45, 7) is 2.70. The number of anilines is 1. The Bertz CT molecular complexity index is 612. The zero-order chi connectivity index (χ0) is 14.5. The average molecular weight is 317 g/mol. The van der Waals surface area contributed by atoms with Gasteiger partial charge in [-0.3, -0.25) is 0 Å². The van der Waals surface area contributed by atoms with E-state index in [9.17, 15) is 4.39 Å². The monoisotopic (exact) mass is 316 g/mol. The lowest BCUT2D eigenvalue weighted by molar-refractivity contribution is 0.439. The number of halogens is 3. The summed E-state index contributed by atoms with van der Waals surface area (Å²) in [5.41, 5.74) is 0. The zero-order valence-corrected chi connectivity index (χ0v) is 12.0. The van der Waals surface area contributed by atoms with Crippen LogP contribution in [0.5, 0.6) is 11.8 Å². The largest absolute Gasteiger partial charge is 0.424 e. The molecule has 0 spiro atoms. The van der Waals surface area contributed by atoms with Crippen LogP contribution in [-0.2, 0) is 0 Å². The Hall–Kier alpha value is -1.66. The van der Waals surface area contributed by atoms with Crippen LogP contribution in [0.4, 0.5) is 10.3 Å². The SMILES string of the molecule is CCCNc1nc(Cl)nc(Oc2ccc(F)c(Cl)c2)n1. The van der Waals surface area contributed by atoms with Crippen molar-refractivity contribution in [2.45, 2.75) is 13.3 Å². The van der Waals surface area contributed by atoms with Gasteiger partial charge in [-0.15, -0.1) is 0 Å². The molecule has 0 fully saturated rings. The smallest absolute Gasteiger partial charge is 0.328 e. The Morgan fingerprint density at radius 3 is 2.75 bits per heavy atom. The molecule has 0 aliphatic heterocycles. The normalized spacial score (nSPS) is 10.4. The van der Waals surface area contributed by atoms with Gasteiger partial charge >= 0.3 is 6.01 Å². The molecule has 0 radical (unpaired) electrons. The van der Waals surface area contributed by atoms with Crippen LogP contribution in [0, 0.1) is 5.82 Å². The highest BCUT2D eigenvalue weighted by atomic mass is 35.5. The van der Waals surface area contributed by atoms with Crippen LogP contribution < -0.4 is 10.1 Å². The van der Waals surface area contributed by atoms with Crippen molar-refractivity contribution in [3.8, 4) is 11.8 Å². The third-order valence-electron chi connectivity index (χ3n) is 2.22. The van der Waals surface area contributed by atoms with Crippen molar-refractivity contribution < 1.29 is 9.13 Å². The molecule has 2 aromatic rings. The highest BCUT2D eigenvalue weighted by Gasteiger charge is 2.08. The summed E-state index contributed by atoms with van der Waals surface area (Å²) in [6, 6.07) is 3.94. The van der Waals surface area contributed by atoms with Crippen LogP contribution >= 0.6 is 23.2 Å². The van der Waals surface area contributed by atoms with Crippen molar-refractivity contribution in [2.24, 2.45) is 0 Å². The van der Waals surface area contributed by atoms with Crippen LogP contribution in [0.25, 0.3) is 0 Å². The minimum absolute atomic E-state index is 0.00168. The molecule has 0 bridgehead atoms. The highest BCUT2D eigenvalue weighted by molar-refractivity contribution is 6.30. The molecule has 1 aromatic heterocycles. The van der Waals surface area contributed by atoms with Gasteiger partial charge in [0.25, 0.3) is 0 Å². The van der Waals surface area contributed by atoms with Gasteiger partial charge in [-0.25, -0.2) is 4.39 Å². The van der Waals surface area contributed by atoms with Crippen LogP contribution in [-0.4, -0.2) is 21.5 Å². The fraction of sp³-hybridized carbons (Fsp3) is 0.250. The van der Waals surface area contributed by atoms with Crippen LogP contribution in [0.2, 0.25) is 10.3 Å². The predicted molar refractivity (Wildman–Crippen MR) is 75.1 cm³/mol. The number of hydrogen-bond acceptors (Lipinski definition) is 5. The predicted octanol–water partition coefficient (Wildman–Crippen LogP) is 3.93. The van der Waals surface area contributed by atoms with Gasteiger partial charge in [0.05, 0.1) is 5.02 Å². The highest BCUT2D eigenvalue weighted by Crippen LogP contribution is 2.25. The fourth-order valence-corrected chi connectivity index (χ4v) is 1.66. The number of nitrogens with zero attached hydrogens (tertiary/aromatic N) is 3. The summed E-state index contributed by atoms with van der Waals surface area (Å²) < 4.78 is 18.4. The molecule has 1 N–H and O–H groups in total. The molecule has 0 saturated carbocycles. The molecule has 1 aromatic carbocycles. The van der Waals surface area contributed by atoms with Crippen molar-refractivity contribution in [2.75, 3.05) is 11.9 Å². The Balaban J connectivity index is 2.19. The molecule has 1 heterocycles. The first-order chi connectivity index (χ1) is 9.58. The van der Waals surface area contributed by atoms with Gasteiger partial charge in [0.15, 0.2) is 0 Å².